The number of hydrogen-bond donors (Lipinski definition) is 2. The molecule has 1 heterocycles. The Labute approximate surface area is 157 Å². The van der Waals surface area contributed by atoms with E-state index in [-0.39, 0.29) is 24.8 Å². The molecule has 27 heavy (non-hydrogen) atoms. The van der Waals surface area contributed by atoms with Crippen LogP contribution in [0, 0.1) is 5.92 Å². The van der Waals surface area contributed by atoms with Crippen molar-refractivity contribution in [2.24, 2.45) is 5.92 Å². The highest BCUT2D eigenvalue weighted by molar-refractivity contribution is 5.94. The zero-order valence-corrected chi connectivity index (χ0v) is 14.9. The predicted molar refractivity (Wildman–Crippen MR) is 100 cm³/mol. The third-order valence-electron chi connectivity index (χ3n) is 4.81. The number of benzene rings is 2. The van der Waals surface area contributed by atoms with Gasteiger partial charge in [-0.25, -0.2) is 0 Å². The van der Waals surface area contributed by atoms with Crippen LogP contribution in [-0.4, -0.2) is 40.9 Å². The van der Waals surface area contributed by atoms with Crippen LogP contribution in [0.1, 0.15) is 34.8 Å². The number of nitrogens with one attached hydrogen (secondary N) is 1. The van der Waals surface area contributed by atoms with Gasteiger partial charge >= 0.3 is 5.97 Å². The number of carbonyl (C=O) groups is 3. The molecule has 0 aliphatic carbocycles. The number of rotatable bonds is 6. The molecule has 2 N–H and O–H groups in total. The molecule has 1 fully saturated rings. The monoisotopic (exact) mass is 366 g/mol. The largest absolute Gasteiger partial charge is 0.481 e. The van der Waals surface area contributed by atoms with E-state index in [1.165, 1.54) is 0 Å². The van der Waals surface area contributed by atoms with Crippen LogP contribution in [0.5, 0.6) is 0 Å². The molecule has 0 aromatic heterocycles. The van der Waals surface area contributed by atoms with Crippen molar-refractivity contribution < 1.29 is 19.5 Å². The third kappa shape index (κ3) is 4.73. The molecular weight excluding hydrogens is 344 g/mol. The van der Waals surface area contributed by atoms with Gasteiger partial charge in [0.05, 0.1) is 18.4 Å². The fraction of sp³-hybridized carbons (Fsp3) is 0.286. The number of amides is 2. The van der Waals surface area contributed by atoms with Crippen molar-refractivity contribution >= 4 is 17.8 Å². The second-order valence-corrected chi connectivity index (χ2v) is 6.67. The molecule has 2 aromatic carbocycles. The number of aliphatic carboxylic acids is 1. The molecule has 2 amide bonds. The van der Waals surface area contributed by atoms with Crippen molar-refractivity contribution in [1.29, 1.82) is 0 Å². The molecule has 0 saturated carbocycles. The minimum atomic E-state index is -0.873. The van der Waals surface area contributed by atoms with Gasteiger partial charge in [0, 0.05) is 18.7 Å². The van der Waals surface area contributed by atoms with Crippen LogP contribution in [-0.2, 0) is 9.59 Å². The van der Waals surface area contributed by atoms with Gasteiger partial charge < -0.3 is 15.3 Å². The molecule has 6 heteroatoms. The van der Waals surface area contributed by atoms with E-state index in [4.69, 9.17) is 5.11 Å². The lowest BCUT2D eigenvalue weighted by Crippen LogP contribution is -2.36. The summed E-state index contributed by atoms with van der Waals surface area (Å²) in [6, 6.07) is 17.7. The van der Waals surface area contributed by atoms with Gasteiger partial charge in [0.25, 0.3) is 5.91 Å². The number of nitrogens with zero attached hydrogens (tertiary/aromatic N) is 1. The Morgan fingerprint density at radius 1 is 1.04 bits per heavy atom. The van der Waals surface area contributed by atoms with E-state index in [2.05, 4.69) is 5.32 Å². The minimum absolute atomic E-state index is 0.0922. The van der Waals surface area contributed by atoms with Gasteiger partial charge in [0.2, 0.25) is 5.91 Å². The van der Waals surface area contributed by atoms with E-state index in [0.29, 0.717) is 18.5 Å². The lowest BCUT2D eigenvalue weighted by Gasteiger charge is -2.23. The van der Waals surface area contributed by atoms with E-state index in [0.717, 1.165) is 5.56 Å². The van der Waals surface area contributed by atoms with Gasteiger partial charge in [-0.05, 0) is 24.1 Å². The second-order valence-electron chi connectivity index (χ2n) is 6.67. The molecule has 1 aliphatic rings. The molecule has 2 atom stereocenters. The zero-order valence-electron chi connectivity index (χ0n) is 14.9. The van der Waals surface area contributed by atoms with E-state index >= 15 is 0 Å². The van der Waals surface area contributed by atoms with Crippen LogP contribution >= 0.6 is 0 Å². The number of hydrogen-bond acceptors (Lipinski definition) is 3. The van der Waals surface area contributed by atoms with Gasteiger partial charge in [-0.2, -0.15) is 0 Å². The van der Waals surface area contributed by atoms with Crippen LogP contribution in [0.3, 0.4) is 0 Å². The van der Waals surface area contributed by atoms with Crippen LogP contribution in [0.4, 0.5) is 0 Å². The van der Waals surface area contributed by atoms with Crippen molar-refractivity contribution in [2.75, 3.05) is 13.1 Å². The van der Waals surface area contributed by atoms with Gasteiger partial charge in [-0.1, -0.05) is 48.5 Å². The maximum Gasteiger partial charge on any atom is 0.308 e. The quantitative estimate of drug-likeness (QED) is 0.822. The first-order valence-electron chi connectivity index (χ1n) is 8.96. The van der Waals surface area contributed by atoms with Crippen LogP contribution in [0.25, 0.3) is 0 Å². The fourth-order valence-corrected chi connectivity index (χ4v) is 3.26. The molecule has 0 radical (unpaired) electrons. The predicted octanol–water partition coefficient (Wildman–Crippen LogP) is 2.48. The Balaban J connectivity index is 1.72. The molecular formula is C21H22N2O4. The van der Waals surface area contributed by atoms with E-state index in [1.807, 2.05) is 36.4 Å². The molecule has 2 aromatic rings. The van der Waals surface area contributed by atoms with Crippen molar-refractivity contribution in [1.82, 2.24) is 10.2 Å². The molecule has 2 unspecified atom stereocenters. The summed E-state index contributed by atoms with van der Waals surface area (Å²) in [5, 5.41) is 12.1. The maximum absolute atomic E-state index is 12.7. The van der Waals surface area contributed by atoms with Crippen LogP contribution in [0.15, 0.2) is 60.7 Å². The summed E-state index contributed by atoms with van der Waals surface area (Å²) in [5.74, 6) is -1.78. The Bertz CT molecular complexity index is 807. The van der Waals surface area contributed by atoms with Crippen LogP contribution in [0.2, 0.25) is 0 Å². The molecule has 1 aliphatic heterocycles. The Hall–Kier alpha value is -3.15. The standard InChI is InChI=1S/C21H22N2O4/c24-19(23-12-11-17(14-23)21(26)27)13-18(15-7-3-1-4-8-15)22-20(25)16-9-5-2-6-10-16/h1-10,17-18H,11-14H2,(H,22,25)(H,26,27). The van der Waals surface area contributed by atoms with Gasteiger partial charge in [0.15, 0.2) is 0 Å². The van der Waals surface area contributed by atoms with E-state index in [9.17, 15) is 14.4 Å². The normalized spacial score (nSPS) is 17.3. The molecule has 1 saturated heterocycles. The molecule has 0 bridgehead atoms. The number of carboxylic acid groups (broad SMARTS) is 1. The second kappa shape index (κ2) is 8.49. The highest BCUT2D eigenvalue weighted by Gasteiger charge is 2.32. The zero-order chi connectivity index (χ0) is 19.2. The van der Waals surface area contributed by atoms with Crippen molar-refractivity contribution in [3.8, 4) is 0 Å². The Morgan fingerprint density at radius 3 is 2.26 bits per heavy atom. The first kappa shape index (κ1) is 18.6. The van der Waals surface area contributed by atoms with Crippen molar-refractivity contribution in [3.05, 3.63) is 71.8 Å². The number of carboxylic acids is 1. The highest BCUT2D eigenvalue weighted by Crippen LogP contribution is 2.22. The van der Waals surface area contributed by atoms with Crippen molar-refractivity contribution in [2.45, 2.75) is 18.9 Å². The third-order valence-corrected chi connectivity index (χ3v) is 4.81. The van der Waals surface area contributed by atoms with Crippen molar-refractivity contribution in [3.63, 3.8) is 0 Å². The Morgan fingerprint density at radius 2 is 1.67 bits per heavy atom. The summed E-state index contributed by atoms with van der Waals surface area (Å²) >= 11 is 0. The summed E-state index contributed by atoms with van der Waals surface area (Å²) in [5.41, 5.74) is 1.36. The molecule has 0 spiro atoms. The Kier molecular flexibility index (Phi) is 5.86. The summed E-state index contributed by atoms with van der Waals surface area (Å²) in [7, 11) is 0. The van der Waals surface area contributed by atoms with E-state index in [1.54, 1.807) is 29.2 Å². The molecule has 3 rings (SSSR count). The number of carbonyl (C=O) groups excluding carboxylic acids is 2. The lowest BCUT2D eigenvalue weighted by atomic mass is 10.0. The highest BCUT2D eigenvalue weighted by atomic mass is 16.4. The van der Waals surface area contributed by atoms with Gasteiger partial charge in [-0.3, -0.25) is 14.4 Å². The number of likely N-dealkylation sites (tertiary alicyclic amines) is 1. The average molecular weight is 366 g/mol. The van der Waals surface area contributed by atoms with E-state index < -0.39 is 17.9 Å². The van der Waals surface area contributed by atoms with Gasteiger partial charge in [-0.15, -0.1) is 0 Å². The summed E-state index contributed by atoms with van der Waals surface area (Å²) in [4.78, 5) is 37.9. The summed E-state index contributed by atoms with van der Waals surface area (Å²) in [6.45, 7) is 0.659. The summed E-state index contributed by atoms with van der Waals surface area (Å²) < 4.78 is 0. The van der Waals surface area contributed by atoms with Crippen LogP contribution < -0.4 is 5.32 Å². The van der Waals surface area contributed by atoms with Gasteiger partial charge in [0.1, 0.15) is 0 Å². The summed E-state index contributed by atoms with van der Waals surface area (Å²) in [6.07, 6.45) is 0.558. The molecule has 6 nitrogen and oxygen atoms in total. The minimum Gasteiger partial charge on any atom is -0.481 e. The topological polar surface area (TPSA) is 86.7 Å². The SMILES string of the molecule is O=C(NC(CC(=O)N1CCC(C(=O)O)C1)c1ccccc1)c1ccccc1. The lowest BCUT2D eigenvalue weighted by molar-refractivity contribution is -0.141. The smallest absolute Gasteiger partial charge is 0.308 e. The first-order valence-corrected chi connectivity index (χ1v) is 8.96. The first-order chi connectivity index (χ1) is 13.0. The fourth-order valence-electron chi connectivity index (χ4n) is 3.26. The molecule has 140 valence electrons. The maximum atomic E-state index is 12.7. The average Bonchev–Trinajstić information content (AvgIpc) is 3.19.